The molecule has 0 spiro atoms. The second-order valence-corrected chi connectivity index (χ2v) is 5.71. The number of hydrogen-bond donors (Lipinski definition) is 1. The van der Waals surface area contributed by atoms with Crippen molar-refractivity contribution < 1.29 is 13.5 Å². The molecule has 0 amide bonds. The molecular weight excluding hydrogens is 286 g/mol. The van der Waals surface area contributed by atoms with Gasteiger partial charge in [0, 0.05) is 29.7 Å². The lowest BCUT2D eigenvalue weighted by atomic mass is 9.94. The highest BCUT2D eigenvalue weighted by Crippen LogP contribution is 2.26. The Labute approximate surface area is 129 Å². The van der Waals surface area contributed by atoms with Crippen molar-refractivity contribution in [3.8, 4) is 5.88 Å². The molecule has 0 radical (unpaired) electrons. The first-order valence-electron chi connectivity index (χ1n) is 7.73. The van der Waals surface area contributed by atoms with Gasteiger partial charge in [0.15, 0.2) is 0 Å². The summed E-state index contributed by atoms with van der Waals surface area (Å²) in [5.74, 6) is 0.500. The first-order chi connectivity index (χ1) is 10.7. The van der Waals surface area contributed by atoms with Crippen LogP contribution in [0.15, 0.2) is 41.8 Å². The highest BCUT2D eigenvalue weighted by Gasteiger charge is 2.18. The molecule has 1 aromatic rings. The van der Waals surface area contributed by atoms with E-state index in [1.54, 1.807) is 6.07 Å². The maximum Gasteiger partial charge on any atom is 0.213 e. The third-order valence-electron chi connectivity index (χ3n) is 4.09. The summed E-state index contributed by atoms with van der Waals surface area (Å²) in [7, 11) is 0. The van der Waals surface area contributed by atoms with Crippen molar-refractivity contribution in [3.05, 3.63) is 47.4 Å². The molecule has 3 rings (SSSR count). The molecule has 1 saturated heterocycles. The lowest BCUT2D eigenvalue weighted by Crippen LogP contribution is -2.27. The van der Waals surface area contributed by atoms with Gasteiger partial charge in [-0.15, -0.1) is 0 Å². The van der Waals surface area contributed by atoms with Crippen molar-refractivity contribution in [1.82, 2.24) is 10.3 Å². The normalized spacial score (nSPS) is 22.9. The van der Waals surface area contributed by atoms with Crippen molar-refractivity contribution >= 4 is 0 Å². The topological polar surface area (TPSA) is 34.1 Å². The number of halogens is 2. The molecule has 1 unspecified atom stereocenters. The Kier molecular flexibility index (Phi) is 4.83. The molecule has 1 aromatic heterocycles. The largest absolute Gasteiger partial charge is 0.473 e. The predicted molar refractivity (Wildman–Crippen MR) is 81.4 cm³/mol. The zero-order valence-corrected chi connectivity index (χ0v) is 12.4. The molecule has 1 aliphatic carbocycles. The van der Waals surface area contributed by atoms with Crippen molar-refractivity contribution in [2.45, 2.75) is 31.4 Å². The molecule has 1 N–H and O–H groups in total. The number of rotatable bonds is 4. The summed E-state index contributed by atoms with van der Waals surface area (Å²) in [6, 6.07) is 5.66. The van der Waals surface area contributed by atoms with Crippen LogP contribution in [-0.2, 0) is 0 Å². The summed E-state index contributed by atoms with van der Waals surface area (Å²) in [5.41, 5.74) is 1.27. The van der Waals surface area contributed by atoms with Crippen LogP contribution in [0, 0.1) is 0 Å². The number of hydrogen-bond acceptors (Lipinski definition) is 3. The predicted octanol–water partition coefficient (Wildman–Crippen LogP) is 3.45. The average molecular weight is 306 g/mol. The summed E-state index contributed by atoms with van der Waals surface area (Å²) in [6.07, 6.45) is 3.63. The fourth-order valence-corrected chi connectivity index (χ4v) is 2.84. The van der Waals surface area contributed by atoms with E-state index in [4.69, 9.17) is 4.74 Å². The van der Waals surface area contributed by atoms with Gasteiger partial charge in [0.25, 0.3) is 0 Å². The van der Waals surface area contributed by atoms with E-state index < -0.39 is 12.0 Å². The van der Waals surface area contributed by atoms with Gasteiger partial charge in [-0.05, 0) is 44.1 Å². The number of nitrogens with one attached hydrogen (secondary N) is 1. The molecule has 3 nitrogen and oxygen atoms in total. The van der Waals surface area contributed by atoms with Crippen LogP contribution in [0.2, 0.25) is 0 Å². The number of aromatic nitrogens is 1. The number of pyridine rings is 1. The SMILES string of the molecule is FC1=CCC(F)C=C1COc1cccc(C2CCNCC2)n1. The van der Waals surface area contributed by atoms with Crippen LogP contribution in [0.4, 0.5) is 8.78 Å². The molecule has 1 atom stereocenters. The minimum atomic E-state index is -1.13. The molecule has 1 aliphatic heterocycles. The van der Waals surface area contributed by atoms with Crippen LogP contribution in [0.1, 0.15) is 30.9 Å². The van der Waals surface area contributed by atoms with Gasteiger partial charge < -0.3 is 10.1 Å². The Morgan fingerprint density at radius 3 is 2.91 bits per heavy atom. The highest BCUT2D eigenvalue weighted by atomic mass is 19.1. The summed E-state index contributed by atoms with van der Waals surface area (Å²) < 4.78 is 32.4. The van der Waals surface area contributed by atoms with E-state index in [2.05, 4.69) is 10.3 Å². The van der Waals surface area contributed by atoms with Crippen molar-refractivity contribution in [3.63, 3.8) is 0 Å². The van der Waals surface area contributed by atoms with E-state index >= 15 is 0 Å². The minimum Gasteiger partial charge on any atom is -0.473 e. The van der Waals surface area contributed by atoms with Gasteiger partial charge in [0.1, 0.15) is 18.6 Å². The van der Waals surface area contributed by atoms with Crippen LogP contribution in [0.25, 0.3) is 0 Å². The van der Waals surface area contributed by atoms with Gasteiger partial charge in [-0.1, -0.05) is 6.07 Å². The summed E-state index contributed by atoms with van der Waals surface area (Å²) in [5, 5.41) is 3.33. The molecule has 22 heavy (non-hydrogen) atoms. The van der Waals surface area contributed by atoms with Gasteiger partial charge in [-0.2, -0.15) is 0 Å². The van der Waals surface area contributed by atoms with Gasteiger partial charge in [-0.25, -0.2) is 13.8 Å². The number of piperidine rings is 1. The van der Waals surface area contributed by atoms with Gasteiger partial charge in [0.2, 0.25) is 5.88 Å². The first-order valence-corrected chi connectivity index (χ1v) is 7.73. The second kappa shape index (κ2) is 7.01. The summed E-state index contributed by atoms with van der Waals surface area (Å²) in [6.45, 7) is 2.00. The van der Waals surface area contributed by atoms with Crippen LogP contribution in [-0.4, -0.2) is 30.9 Å². The van der Waals surface area contributed by atoms with Gasteiger partial charge in [0.05, 0.1) is 0 Å². The zero-order chi connectivity index (χ0) is 15.4. The van der Waals surface area contributed by atoms with Crippen LogP contribution in [0.5, 0.6) is 5.88 Å². The Balaban J connectivity index is 1.64. The smallest absolute Gasteiger partial charge is 0.213 e. The van der Waals surface area contributed by atoms with E-state index in [1.807, 2.05) is 12.1 Å². The molecule has 0 bridgehead atoms. The molecule has 2 heterocycles. The van der Waals surface area contributed by atoms with Gasteiger partial charge >= 0.3 is 0 Å². The van der Waals surface area contributed by atoms with E-state index in [1.165, 1.54) is 12.2 Å². The monoisotopic (exact) mass is 306 g/mol. The average Bonchev–Trinajstić information content (AvgIpc) is 2.57. The van der Waals surface area contributed by atoms with Gasteiger partial charge in [-0.3, -0.25) is 0 Å². The third kappa shape index (κ3) is 3.71. The fourth-order valence-electron chi connectivity index (χ4n) is 2.84. The van der Waals surface area contributed by atoms with E-state index in [0.29, 0.717) is 11.8 Å². The van der Waals surface area contributed by atoms with E-state index in [-0.39, 0.29) is 18.6 Å². The maximum absolute atomic E-state index is 13.6. The molecule has 1 fully saturated rings. The lowest BCUT2D eigenvalue weighted by molar-refractivity contribution is 0.323. The van der Waals surface area contributed by atoms with Crippen molar-refractivity contribution in [2.75, 3.05) is 19.7 Å². The Morgan fingerprint density at radius 1 is 1.27 bits per heavy atom. The molecular formula is C17H20F2N2O. The molecule has 0 saturated carbocycles. The van der Waals surface area contributed by atoms with Crippen LogP contribution in [0.3, 0.4) is 0 Å². The number of ether oxygens (including phenoxy) is 1. The number of alkyl halides is 1. The van der Waals surface area contributed by atoms with E-state index in [9.17, 15) is 8.78 Å². The quantitative estimate of drug-likeness (QED) is 0.925. The first kappa shape index (κ1) is 15.2. The zero-order valence-electron chi connectivity index (χ0n) is 12.4. The van der Waals surface area contributed by atoms with Crippen molar-refractivity contribution in [2.24, 2.45) is 0 Å². The number of nitrogens with zero attached hydrogens (tertiary/aromatic N) is 1. The maximum atomic E-state index is 13.6. The standard InChI is InChI=1S/C17H20F2N2O/c18-14-4-5-15(19)13(10-14)11-22-17-3-1-2-16(21-17)12-6-8-20-9-7-12/h1-3,5,10,12,14,20H,4,6-9,11H2. The Bertz CT molecular complexity index is 580. The molecule has 118 valence electrons. The highest BCUT2D eigenvalue weighted by molar-refractivity contribution is 5.31. The molecule has 0 aromatic carbocycles. The fraction of sp³-hybridized carbons (Fsp3) is 0.471. The number of allylic oxidation sites excluding steroid dienone is 2. The summed E-state index contributed by atoms with van der Waals surface area (Å²) in [4.78, 5) is 4.51. The van der Waals surface area contributed by atoms with Crippen LogP contribution >= 0.6 is 0 Å². The second-order valence-electron chi connectivity index (χ2n) is 5.71. The Hall–Kier alpha value is -1.75. The van der Waals surface area contributed by atoms with Crippen LogP contribution < -0.4 is 10.1 Å². The summed E-state index contributed by atoms with van der Waals surface area (Å²) >= 11 is 0. The third-order valence-corrected chi connectivity index (χ3v) is 4.09. The minimum absolute atomic E-state index is 0.00539. The lowest BCUT2D eigenvalue weighted by Gasteiger charge is -2.22. The Morgan fingerprint density at radius 2 is 2.09 bits per heavy atom. The van der Waals surface area contributed by atoms with Crippen molar-refractivity contribution in [1.29, 1.82) is 0 Å². The molecule has 2 aliphatic rings. The van der Waals surface area contributed by atoms with E-state index in [0.717, 1.165) is 31.6 Å². The molecule has 5 heteroatoms.